The number of nitrogens with one attached hydrogen (secondary N) is 2. The summed E-state index contributed by atoms with van der Waals surface area (Å²) in [5.74, 6) is 0.196. The largest absolute Gasteiger partial charge is 0.349 e. The Bertz CT molecular complexity index is 854. The van der Waals surface area contributed by atoms with Crippen LogP contribution in [0.5, 0.6) is 0 Å². The van der Waals surface area contributed by atoms with Gasteiger partial charge in [0.05, 0.1) is 17.9 Å². The van der Waals surface area contributed by atoms with Crippen LogP contribution >= 0.6 is 12.4 Å². The molecular weight excluding hydrogens is 372 g/mol. The molecule has 1 fully saturated rings. The summed E-state index contributed by atoms with van der Waals surface area (Å²) in [6.07, 6.45) is 6.85. The van der Waals surface area contributed by atoms with Crippen LogP contribution in [0.3, 0.4) is 0 Å². The molecule has 2 heterocycles. The summed E-state index contributed by atoms with van der Waals surface area (Å²) in [6, 6.07) is 6.43. The van der Waals surface area contributed by atoms with Crippen LogP contribution in [0, 0.1) is 19.3 Å². The number of benzene rings is 1. The first-order valence-corrected chi connectivity index (χ1v) is 10.1. The van der Waals surface area contributed by atoms with E-state index >= 15 is 0 Å². The third-order valence-electron chi connectivity index (χ3n) is 6.55. The third kappa shape index (κ3) is 3.70. The van der Waals surface area contributed by atoms with E-state index in [9.17, 15) is 4.79 Å². The first-order valence-electron chi connectivity index (χ1n) is 10.1. The van der Waals surface area contributed by atoms with Crippen LogP contribution in [-0.4, -0.2) is 28.8 Å². The van der Waals surface area contributed by atoms with E-state index in [-0.39, 0.29) is 29.8 Å². The molecule has 0 bridgehead atoms. The second-order valence-corrected chi connectivity index (χ2v) is 8.41. The molecule has 2 aliphatic rings. The number of hydrogen-bond donors (Lipinski definition) is 2. The predicted molar refractivity (Wildman–Crippen MR) is 114 cm³/mol. The lowest BCUT2D eigenvalue weighted by atomic mass is 9.79. The summed E-state index contributed by atoms with van der Waals surface area (Å²) in [5.41, 5.74) is 5.86. The molecule has 152 valence electrons. The number of fused-ring (bicyclic) bond motifs is 1. The minimum Gasteiger partial charge on any atom is -0.349 e. The zero-order chi connectivity index (χ0) is 19.0. The summed E-state index contributed by atoms with van der Waals surface area (Å²) in [5, 5.41) is 11.4. The highest BCUT2D eigenvalue weighted by Gasteiger charge is 2.37. The van der Waals surface area contributed by atoms with Gasteiger partial charge in [-0.1, -0.05) is 19.1 Å². The molecule has 1 unspecified atom stereocenters. The van der Waals surface area contributed by atoms with Crippen molar-refractivity contribution in [3.63, 3.8) is 0 Å². The fourth-order valence-electron chi connectivity index (χ4n) is 4.42. The second-order valence-electron chi connectivity index (χ2n) is 8.41. The van der Waals surface area contributed by atoms with Crippen molar-refractivity contribution in [3.05, 3.63) is 46.8 Å². The van der Waals surface area contributed by atoms with Crippen LogP contribution < -0.4 is 10.6 Å². The van der Waals surface area contributed by atoms with Crippen molar-refractivity contribution in [1.29, 1.82) is 0 Å². The van der Waals surface area contributed by atoms with Gasteiger partial charge in [0.2, 0.25) is 5.91 Å². The highest BCUT2D eigenvalue weighted by molar-refractivity contribution is 5.85. The van der Waals surface area contributed by atoms with E-state index in [1.807, 2.05) is 6.20 Å². The van der Waals surface area contributed by atoms with Gasteiger partial charge in [0.1, 0.15) is 0 Å². The topological polar surface area (TPSA) is 59.0 Å². The van der Waals surface area contributed by atoms with E-state index in [0.717, 1.165) is 50.9 Å². The highest BCUT2D eigenvalue weighted by Crippen LogP contribution is 2.34. The van der Waals surface area contributed by atoms with E-state index in [0.29, 0.717) is 0 Å². The Morgan fingerprint density at radius 2 is 2.04 bits per heavy atom. The van der Waals surface area contributed by atoms with Crippen molar-refractivity contribution in [2.75, 3.05) is 13.1 Å². The van der Waals surface area contributed by atoms with Crippen molar-refractivity contribution in [3.8, 4) is 5.69 Å². The molecule has 1 aliphatic heterocycles. The molecule has 2 N–H and O–H groups in total. The lowest BCUT2D eigenvalue weighted by molar-refractivity contribution is -0.132. The molecule has 1 aliphatic carbocycles. The third-order valence-corrected chi connectivity index (χ3v) is 6.55. The fourth-order valence-corrected chi connectivity index (χ4v) is 4.42. The number of nitrogens with zero attached hydrogens (tertiary/aromatic N) is 2. The Morgan fingerprint density at radius 1 is 1.29 bits per heavy atom. The number of hydrogen-bond acceptors (Lipinski definition) is 3. The van der Waals surface area contributed by atoms with Gasteiger partial charge >= 0.3 is 0 Å². The number of aromatic nitrogens is 2. The Morgan fingerprint density at radius 3 is 2.79 bits per heavy atom. The molecule has 5 nitrogen and oxygen atoms in total. The maximum Gasteiger partial charge on any atom is 0.226 e. The summed E-state index contributed by atoms with van der Waals surface area (Å²) in [4.78, 5) is 13.0. The van der Waals surface area contributed by atoms with E-state index in [4.69, 9.17) is 5.10 Å². The van der Waals surface area contributed by atoms with Crippen LogP contribution in [-0.2, 0) is 11.2 Å². The highest BCUT2D eigenvalue weighted by atomic mass is 35.5. The van der Waals surface area contributed by atoms with Crippen molar-refractivity contribution in [1.82, 2.24) is 20.4 Å². The summed E-state index contributed by atoms with van der Waals surface area (Å²) in [7, 11) is 0. The molecule has 1 atom stereocenters. The van der Waals surface area contributed by atoms with Gasteiger partial charge < -0.3 is 10.6 Å². The molecule has 1 aromatic heterocycles. The van der Waals surface area contributed by atoms with Crippen LogP contribution in [0.4, 0.5) is 0 Å². The lowest BCUT2D eigenvalue weighted by Crippen LogP contribution is -2.47. The summed E-state index contributed by atoms with van der Waals surface area (Å²) in [6.45, 7) is 8.23. The van der Waals surface area contributed by atoms with Crippen molar-refractivity contribution >= 4 is 18.3 Å². The molecule has 6 heteroatoms. The van der Waals surface area contributed by atoms with Gasteiger partial charge in [-0.3, -0.25) is 4.79 Å². The smallest absolute Gasteiger partial charge is 0.226 e. The first-order chi connectivity index (χ1) is 13.0. The van der Waals surface area contributed by atoms with Crippen LogP contribution in [0.25, 0.3) is 5.69 Å². The average Bonchev–Trinajstić information content (AvgIpc) is 3.09. The number of aryl methyl sites for hydroxylation is 1. The Hall–Kier alpha value is -1.85. The van der Waals surface area contributed by atoms with Gasteiger partial charge in [-0.25, -0.2) is 4.68 Å². The van der Waals surface area contributed by atoms with Crippen molar-refractivity contribution < 1.29 is 4.79 Å². The van der Waals surface area contributed by atoms with E-state index in [2.05, 4.69) is 54.3 Å². The van der Waals surface area contributed by atoms with Crippen LogP contribution in [0.2, 0.25) is 0 Å². The summed E-state index contributed by atoms with van der Waals surface area (Å²) < 4.78 is 2.09. The van der Waals surface area contributed by atoms with Crippen molar-refractivity contribution in [2.24, 2.45) is 5.41 Å². The first kappa shape index (κ1) is 20.9. The zero-order valence-electron chi connectivity index (χ0n) is 17.0. The number of carbonyl (C=O) groups excluding carboxylic acids is 1. The van der Waals surface area contributed by atoms with Crippen LogP contribution in [0.1, 0.15) is 61.0 Å². The fraction of sp³-hybridized carbons (Fsp3) is 0.545. The van der Waals surface area contributed by atoms with Gasteiger partial charge in [-0.2, -0.15) is 5.10 Å². The minimum atomic E-state index is -0.258. The standard InChI is InChI=1S/C22H30N4O.ClH/c1-15-6-4-8-19(16(15)2)26-20-9-5-7-18(17(20)14-24-26)25-21(27)22(3)10-12-23-13-11-22;/h4,6,8,14,18,23H,5,7,9-13H2,1-3H3,(H,25,27);1H. The number of carbonyl (C=O) groups is 1. The number of amides is 1. The maximum absolute atomic E-state index is 13.0. The molecule has 1 aromatic carbocycles. The molecule has 2 aromatic rings. The van der Waals surface area contributed by atoms with Gasteiger partial charge in [0.15, 0.2) is 0 Å². The lowest BCUT2D eigenvalue weighted by Gasteiger charge is -2.35. The molecule has 0 saturated carbocycles. The summed E-state index contributed by atoms with van der Waals surface area (Å²) >= 11 is 0. The molecule has 28 heavy (non-hydrogen) atoms. The number of piperidine rings is 1. The molecule has 0 radical (unpaired) electrons. The maximum atomic E-state index is 13.0. The van der Waals surface area contributed by atoms with Crippen molar-refractivity contribution in [2.45, 2.75) is 58.9 Å². The van der Waals surface area contributed by atoms with Crippen LogP contribution in [0.15, 0.2) is 24.4 Å². The Labute approximate surface area is 173 Å². The number of rotatable bonds is 3. The Kier molecular flexibility index (Phi) is 6.15. The second kappa shape index (κ2) is 8.26. The van der Waals surface area contributed by atoms with Gasteiger partial charge in [-0.15, -0.1) is 12.4 Å². The minimum absolute atomic E-state index is 0. The van der Waals surface area contributed by atoms with E-state index < -0.39 is 0 Å². The Balaban J connectivity index is 0.00000225. The molecule has 4 rings (SSSR count). The predicted octanol–water partition coefficient (Wildman–Crippen LogP) is 3.79. The van der Waals surface area contributed by atoms with Gasteiger partial charge in [-0.05, 0) is 76.2 Å². The normalized spacial score (nSPS) is 20.8. The van der Waals surface area contributed by atoms with E-state index in [1.54, 1.807) is 0 Å². The molecule has 0 spiro atoms. The van der Waals surface area contributed by atoms with E-state index in [1.165, 1.54) is 22.4 Å². The van der Waals surface area contributed by atoms with Gasteiger partial charge in [0, 0.05) is 16.7 Å². The SMILES string of the molecule is Cc1cccc(-n2ncc3c2CCCC3NC(=O)C2(C)CCNCC2)c1C.Cl. The van der Waals surface area contributed by atoms with Gasteiger partial charge in [0.25, 0.3) is 0 Å². The molecule has 1 amide bonds. The number of halogens is 1. The zero-order valence-corrected chi connectivity index (χ0v) is 17.9. The molecule has 1 saturated heterocycles. The average molecular weight is 403 g/mol. The monoisotopic (exact) mass is 402 g/mol. The quantitative estimate of drug-likeness (QED) is 0.821. The molecular formula is C22H31ClN4O.